The molecule has 0 atom stereocenters. The summed E-state index contributed by atoms with van der Waals surface area (Å²) < 4.78 is 4.44. The average Bonchev–Trinajstić information content (AvgIpc) is 2.54. The smallest absolute Gasteiger partial charge is 0.337 e. The number of hydrogen-bond acceptors (Lipinski definition) is 6. The second-order valence-electron chi connectivity index (χ2n) is 4.07. The molecular weight excluding hydrogens is 288 g/mol. The molecule has 2 aromatic rings. The van der Waals surface area contributed by atoms with Gasteiger partial charge in [0.1, 0.15) is 11.5 Å². The van der Waals surface area contributed by atoms with E-state index in [1.165, 1.54) is 31.4 Å². The van der Waals surface area contributed by atoms with Crippen molar-refractivity contribution >= 4 is 11.9 Å². The van der Waals surface area contributed by atoms with Gasteiger partial charge in [-0.3, -0.25) is 10.2 Å². The van der Waals surface area contributed by atoms with Crippen molar-refractivity contribution in [2.24, 2.45) is 5.84 Å². The Morgan fingerprint density at radius 2 is 1.50 bits per heavy atom. The van der Waals surface area contributed by atoms with Gasteiger partial charge >= 0.3 is 5.97 Å². The molecule has 0 saturated carbocycles. The molecule has 5 N–H and O–H groups in total. The molecule has 22 heavy (non-hydrogen) atoms. The first kappa shape index (κ1) is 17.0. The van der Waals surface area contributed by atoms with Crippen LogP contribution in [0.1, 0.15) is 20.7 Å². The lowest BCUT2D eigenvalue weighted by molar-refractivity contribution is 0.0600. The molecule has 7 nitrogen and oxygen atoms in total. The normalized spacial score (nSPS) is 9.18. The number of rotatable bonds is 2. The van der Waals surface area contributed by atoms with E-state index in [9.17, 15) is 9.59 Å². The maximum Gasteiger partial charge on any atom is 0.337 e. The Labute approximate surface area is 126 Å². The van der Waals surface area contributed by atoms with Crippen LogP contribution in [-0.2, 0) is 4.74 Å². The number of carbonyl (C=O) groups is 2. The molecule has 0 spiro atoms. The number of ether oxygens (including phenoxy) is 1. The van der Waals surface area contributed by atoms with Crippen LogP contribution in [0.4, 0.5) is 0 Å². The molecule has 7 heteroatoms. The van der Waals surface area contributed by atoms with Gasteiger partial charge in [-0.05, 0) is 36.4 Å². The van der Waals surface area contributed by atoms with Crippen molar-refractivity contribution in [3.8, 4) is 11.5 Å². The van der Waals surface area contributed by atoms with Crippen LogP contribution in [0.15, 0.2) is 48.5 Å². The van der Waals surface area contributed by atoms with Gasteiger partial charge in [0.15, 0.2) is 0 Å². The van der Waals surface area contributed by atoms with Crippen LogP contribution in [0.3, 0.4) is 0 Å². The lowest BCUT2D eigenvalue weighted by Gasteiger charge is -1.98. The lowest BCUT2D eigenvalue weighted by atomic mass is 10.2. The molecule has 0 aromatic heterocycles. The molecule has 0 unspecified atom stereocenters. The number of aromatic hydroxyl groups is 2. The summed E-state index contributed by atoms with van der Waals surface area (Å²) in [6.07, 6.45) is 0. The summed E-state index contributed by atoms with van der Waals surface area (Å²) in [6.45, 7) is 0. The van der Waals surface area contributed by atoms with Crippen LogP contribution in [0, 0.1) is 0 Å². The number of hydrogen-bond donors (Lipinski definition) is 4. The SMILES string of the molecule is COC(=O)c1cccc(O)c1.NNC(=O)c1cccc(O)c1. The quantitative estimate of drug-likeness (QED) is 0.286. The molecule has 0 aliphatic rings. The predicted molar refractivity (Wildman–Crippen MR) is 79.2 cm³/mol. The van der Waals surface area contributed by atoms with Crippen LogP contribution in [0.2, 0.25) is 0 Å². The zero-order valence-corrected chi connectivity index (χ0v) is 11.8. The highest BCUT2D eigenvalue weighted by molar-refractivity contribution is 5.94. The number of benzene rings is 2. The van der Waals surface area contributed by atoms with Crippen LogP contribution in [-0.4, -0.2) is 29.2 Å². The summed E-state index contributed by atoms with van der Waals surface area (Å²) in [7, 11) is 1.30. The summed E-state index contributed by atoms with van der Waals surface area (Å²) in [6, 6.07) is 11.9. The number of esters is 1. The number of phenolic OH excluding ortho intramolecular Hbond substituents is 2. The molecule has 0 fully saturated rings. The van der Waals surface area contributed by atoms with Crippen molar-refractivity contribution in [1.82, 2.24) is 5.43 Å². The van der Waals surface area contributed by atoms with E-state index in [1.807, 2.05) is 5.43 Å². The van der Waals surface area contributed by atoms with Crippen molar-refractivity contribution in [3.05, 3.63) is 59.7 Å². The Morgan fingerprint density at radius 1 is 1.00 bits per heavy atom. The zero-order chi connectivity index (χ0) is 16.5. The van der Waals surface area contributed by atoms with E-state index in [1.54, 1.807) is 24.3 Å². The molecule has 0 bridgehead atoms. The van der Waals surface area contributed by atoms with Gasteiger partial charge in [-0.15, -0.1) is 0 Å². The molecule has 0 aliphatic carbocycles. The van der Waals surface area contributed by atoms with E-state index in [0.717, 1.165) is 0 Å². The molecule has 0 saturated heterocycles. The van der Waals surface area contributed by atoms with Crippen LogP contribution >= 0.6 is 0 Å². The van der Waals surface area contributed by atoms with Gasteiger partial charge in [0, 0.05) is 5.56 Å². The average molecular weight is 304 g/mol. The van der Waals surface area contributed by atoms with E-state index >= 15 is 0 Å². The molecule has 1 amide bonds. The monoisotopic (exact) mass is 304 g/mol. The third kappa shape index (κ3) is 5.14. The first-order valence-electron chi connectivity index (χ1n) is 6.15. The molecule has 0 radical (unpaired) electrons. The molecule has 0 heterocycles. The second-order valence-corrected chi connectivity index (χ2v) is 4.07. The van der Waals surface area contributed by atoms with Crippen LogP contribution in [0.25, 0.3) is 0 Å². The lowest BCUT2D eigenvalue weighted by Crippen LogP contribution is -2.29. The number of hydrazine groups is 1. The highest BCUT2D eigenvalue weighted by Gasteiger charge is 2.04. The van der Waals surface area contributed by atoms with Crippen molar-refractivity contribution in [2.75, 3.05) is 7.11 Å². The Kier molecular flexibility index (Phi) is 6.39. The van der Waals surface area contributed by atoms with E-state index < -0.39 is 11.9 Å². The predicted octanol–water partition coefficient (Wildman–Crippen LogP) is 1.17. The Balaban J connectivity index is 0.000000220. The third-order valence-electron chi connectivity index (χ3n) is 2.51. The van der Waals surface area contributed by atoms with Crippen molar-refractivity contribution < 1.29 is 24.5 Å². The first-order chi connectivity index (χ1) is 10.5. The number of phenols is 2. The number of amides is 1. The van der Waals surface area contributed by atoms with Crippen LogP contribution in [0.5, 0.6) is 11.5 Å². The molecule has 0 aliphatic heterocycles. The summed E-state index contributed by atoms with van der Waals surface area (Å²) in [5, 5.41) is 17.9. The van der Waals surface area contributed by atoms with Crippen LogP contribution < -0.4 is 11.3 Å². The van der Waals surface area contributed by atoms with E-state index in [4.69, 9.17) is 16.1 Å². The van der Waals surface area contributed by atoms with E-state index in [2.05, 4.69) is 4.74 Å². The van der Waals surface area contributed by atoms with Gasteiger partial charge in [0.05, 0.1) is 12.7 Å². The van der Waals surface area contributed by atoms with Gasteiger partial charge in [-0.2, -0.15) is 0 Å². The van der Waals surface area contributed by atoms with Gasteiger partial charge < -0.3 is 14.9 Å². The Morgan fingerprint density at radius 3 is 1.95 bits per heavy atom. The second kappa shape index (κ2) is 8.28. The number of nitrogen functional groups attached to an aromatic ring is 1. The molecule has 2 aromatic carbocycles. The van der Waals surface area contributed by atoms with Crippen molar-refractivity contribution in [1.29, 1.82) is 0 Å². The van der Waals surface area contributed by atoms with Crippen molar-refractivity contribution in [3.63, 3.8) is 0 Å². The zero-order valence-electron chi connectivity index (χ0n) is 11.8. The third-order valence-corrected chi connectivity index (χ3v) is 2.51. The number of carbonyl (C=O) groups excluding carboxylic acids is 2. The fourth-order valence-corrected chi connectivity index (χ4v) is 1.48. The maximum atomic E-state index is 10.8. The number of methoxy groups -OCH3 is 1. The topological polar surface area (TPSA) is 122 Å². The number of nitrogens with two attached hydrogens (primary N) is 1. The standard InChI is InChI=1S/C8H8O3.C7H8N2O2/c1-11-8(10)6-3-2-4-7(9)5-6;8-9-7(11)5-2-1-3-6(10)4-5/h2-5,9H,1H3;1-4,10H,8H2,(H,9,11). The van der Waals surface area contributed by atoms with Gasteiger partial charge in [-0.1, -0.05) is 12.1 Å². The van der Waals surface area contributed by atoms with Crippen molar-refractivity contribution in [2.45, 2.75) is 0 Å². The minimum absolute atomic E-state index is 0.0473. The summed E-state index contributed by atoms with van der Waals surface area (Å²) in [4.78, 5) is 21.7. The van der Waals surface area contributed by atoms with E-state index in [-0.39, 0.29) is 11.5 Å². The molecular formula is C15H16N2O5. The minimum Gasteiger partial charge on any atom is -0.508 e. The summed E-state index contributed by atoms with van der Waals surface area (Å²) in [5.74, 6) is 4.12. The van der Waals surface area contributed by atoms with Gasteiger partial charge in [0.25, 0.3) is 5.91 Å². The highest BCUT2D eigenvalue weighted by Crippen LogP contribution is 2.11. The highest BCUT2D eigenvalue weighted by atomic mass is 16.5. The fourth-order valence-electron chi connectivity index (χ4n) is 1.48. The number of nitrogens with one attached hydrogen (secondary N) is 1. The Hall–Kier alpha value is -3.06. The maximum absolute atomic E-state index is 10.8. The molecule has 2 rings (SSSR count). The summed E-state index contributed by atoms with van der Waals surface area (Å²) in [5.41, 5.74) is 2.65. The largest absolute Gasteiger partial charge is 0.508 e. The molecule has 116 valence electrons. The van der Waals surface area contributed by atoms with E-state index in [0.29, 0.717) is 11.1 Å². The minimum atomic E-state index is -0.444. The fraction of sp³-hybridized carbons (Fsp3) is 0.0667. The Bertz CT molecular complexity index is 600. The first-order valence-corrected chi connectivity index (χ1v) is 6.15. The van der Waals surface area contributed by atoms with Gasteiger partial charge in [0.2, 0.25) is 0 Å². The van der Waals surface area contributed by atoms with Gasteiger partial charge in [-0.25, -0.2) is 10.6 Å². The summed E-state index contributed by atoms with van der Waals surface area (Å²) >= 11 is 0.